The van der Waals surface area contributed by atoms with E-state index in [2.05, 4.69) is 21.6 Å². The minimum absolute atomic E-state index is 0.0979. The maximum Gasteiger partial charge on any atom is 0.285 e. The van der Waals surface area contributed by atoms with Gasteiger partial charge in [0.1, 0.15) is 17.4 Å². The van der Waals surface area contributed by atoms with Crippen LogP contribution in [0, 0.1) is 0 Å². The molecule has 6 heteroatoms. The topological polar surface area (TPSA) is 67.0 Å². The van der Waals surface area contributed by atoms with Crippen LogP contribution in [0.25, 0.3) is 10.8 Å². The third-order valence-electron chi connectivity index (χ3n) is 3.20. The maximum absolute atomic E-state index is 11.3. The van der Waals surface area contributed by atoms with Gasteiger partial charge in [-0.1, -0.05) is 41.9 Å². The van der Waals surface area contributed by atoms with Crippen molar-refractivity contribution in [3.63, 3.8) is 0 Å². The number of halogens is 1. The summed E-state index contributed by atoms with van der Waals surface area (Å²) in [6.45, 7) is 0.957. The number of aromatic amines is 1. The average Bonchev–Trinajstić information content (AvgIpc) is 2.55. The van der Waals surface area contributed by atoms with Gasteiger partial charge in [-0.05, 0) is 22.9 Å². The lowest BCUT2D eigenvalue weighted by Gasteiger charge is -2.09. The minimum Gasteiger partial charge on any atom is -0.492 e. The summed E-state index contributed by atoms with van der Waals surface area (Å²) in [6, 6.07) is 14.1. The summed E-state index contributed by atoms with van der Waals surface area (Å²) in [5.74, 6) is 0.802. The van der Waals surface area contributed by atoms with Crippen molar-refractivity contribution >= 4 is 28.1 Å². The third kappa shape index (κ3) is 3.20. The van der Waals surface area contributed by atoms with Gasteiger partial charge in [-0.25, -0.2) is 5.10 Å². The highest BCUT2D eigenvalue weighted by Crippen LogP contribution is 2.20. The van der Waals surface area contributed by atoms with Crippen LogP contribution >= 0.6 is 11.6 Å². The van der Waals surface area contributed by atoms with Crippen LogP contribution in [0.5, 0.6) is 5.75 Å². The highest BCUT2D eigenvalue weighted by Gasteiger charge is 2.04. The SMILES string of the molecule is O=c1[nH]ncc(NCCOc2ccc3ccccc3c2)c1Cl. The van der Waals surface area contributed by atoms with Gasteiger partial charge in [-0.2, -0.15) is 5.10 Å². The Bertz CT molecular complexity index is 848. The predicted molar refractivity (Wildman–Crippen MR) is 87.8 cm³/mol. The largest absolute Gasteiger partial charge is 0.492 e. The van der Waals surface area contributed by atoms with Gasteiger partial charge in [-0.15, -0.1) is 0 Å². The highest BCUT2D eigenvalue weighted by atomic mass is 35.5. The van der Waals surface area contributed by atoms with Gasteiger partial charge in [0.15, 0.2) is 0 Å². The monoisotopic (exact) mass is 315 g/mol. The molecular formula is C16H14ClN3O2. The number of hydrogen-bond donors (Lipinski definition) is 2. The standard InChI is InChI=1S/C16H14ClN3O2/c17-15-14(10-19-20-16(15)21)18-7-8-22-13-6-5-11-3-1-2-4-12(11)9-13/h1-6,9-10H,7-8H2,(H2,18,20,21). The summed E-state index contributed by atoms with van der Waals surface area (Å²) in [7, 11) is 0. The lowest BCUT2D eigenvalue weighted by atomic mass is 10.1. The molecule has 0 aliphatic rings. The molecule has 0 unspecified atom stereocenters. The molecular weight excluding hydrogens is 302 g/mol. The van der Waals surface area contributed by atoms with Crippen molar-refractivity contribution in [3.05, 3.63) is 64.0 Å². The number of fused-ring (bicyclic) bond motifs is 1. The molecule has 0 bridgehead atoms. The molecule has 0 radical (unpaired) electrons. The van der Waals surface area contributed by atoms with Crippen LogP contribution in [0.3, 0.4) is 0 Å². The molecule has 0 aliphatic carbocycles. The van der Waals surface area contributed by atoms with E-state index in [9.17, 15) is 4.79 Å². The lowest BCUT2D eigenvalue weighted by molar-refractivity contribution is 0.333. The first-order chi connectivity index (χ1) is 10.7. The Labute approximate surface area is 131 Å². The Morgan fingerprint density at radius 3 is 2.86 bits per heavy atom. The van der Waals surface area contributed by atoms with E-state index in [0.717, 1.165) is 11.1 Å². The van der Waals surface area contributed by atoms with E-state index in [1.165, 1.54) is 11.6 Å². The van der Waals surface area contributed by atoms with Crippen LogP contribution in [-0.2, 0) is 0 Å². The fourth-order valence-electron chi connectivity index (χ4n) is 2.12. The molecule has 0 amide bonds. The van der Waals surface area contributed by atoms with Crippen molar-refractivity contribution < 1.29 is 4.74 Å². The highest BCUT2D eigenvalue weighted by molar-refractivity contribution is 6.32. The fraction of sp³-hybridized carbons (Fsp3) is 0.125. The molecule has 0 saturated heterocycles. The summed E-state index contributed by atoms with van der Waals surface area (Å²) in [5.41, 5.74) is 0.0784. The fourth-order valence-corrected chi connectivity index (χ4v) is 2.28. The van der Waals surface area contributed by atoms with E-state index in [4.69, 9.17) is 16.3 Å². The zero-order valence-corrected chi connectivity index (χ0v) is 12.4. The maximum atomic E-state index is 11.3. The van der Waals surface area contributed by atoms with Gasteiger partial charge in [0.2, 0.25) is 0 Å². The summed E-state index contributed by atoms with van der Waals surface area (Å²) in [5, 5.41) is 11.4. The molecule has 0 saturated carbocycles. The van der Waals surface area contributed by atoms with Crippen LogP contribution in [-0.4, -0.2) is 23.3 Å². The second-order valence-corrected chi connectivity index (χ2v) is 5.09. The lowest BCUT2D eigenvalue weighted by Crippen LogP contribution is -2.16. The third-order valence-corrected chi connectivity index (χ3v) is 3.58. The van der Waals surface area contributed by atoms with E-state index >= 15 is 0 Å². The van der Waals surface area contributed by atoms with Crippen molar-refractivity contribution in [1.82, 2.24) is 10.2 Å². The normalized spacial score (nSPS) is 10.6. The van der Waals surface area contributed by atoms with Crippen LogP contribution in [0.4, 0.5) is 5.69 Å². The first-order valence-electron chi connectivity index (χ1n) is 6.83. The number of rotatable bonds is 5. The molecule has 0 spiro atoms. The van der Waals surface area contributed by atoms with Crippen LogP contribution in [0.15, 0.2) is 53.5 Å². The van der Waals surface area contributed by atoms with E-state index < -0.39 is 5.56 Å². The Morgan fingerprint density at radius 2 is 2.00 bits per heavy atom. The van der Waals surface area contributed by atoms with Gasteiger partial charge in [0, 0.05) is 6.54 Å². The molecule has 3 rings (SSSR count). The van der Waals surface area contributed by atoms with Crippen LogP contribution < -0.4 is 15.6 Å². The first kappa shape index (κ1) is 14.4. The molecule has 1 aromatic heterocycles. The van der Waals surface area contributed by atoms with Crippen LogP contribution in [0.1, 0.15) is 0 Å². The van der Waals surface area contributed by atoms with Gasteiger partial charge in [-0.3, -0.25) is 4.79 Å². The van der Waals surface area contributed by atoms with Gasteiger partial charge >= 0.3 is 0 Å². The Balaban J connectivity index is 1.58. The molecule has 112 valence electrons. The number of anilines is 1. The van der Waals surface area contributed by atoms with E-state index in [-0.39, 0.29) is 5.02 Å². The van der Waals surface area contributed by atoms with Crippen molar-refractivity contribution in [1.29, 1.82) is 0 Å². The zero-order chi connectivity index (χ0) is 15.4. The summed E-state index contributed by atoms with van der Waals surface area (Å²) < 4.78 is 5.69. The van der Waals surface area contributed by atoms with Crippen molar-refractivity contribution in [2.75, 3.05) is 18.5 Å². The molecule has 2 aromatic carbocycles. The summed E-state index contributed by atoms with van der Waals surface area (Å²) in [4.78, 5) is 11.3. The molecule has 2 N–H and O–H groups in total. The number of nitrogens with zero attached hydrogens (tertiary/aromatic N) is 1. The number of aromatic nitrogens is 2. The van der Waals surface area contributed by atoms with E-state index in [1.54, 1.807) is 0 Å². The van der Waals surface area contributed by atoms with Crippen molar-refractivity contribution in [2.24, 2.45) is 0 Å². The van der Waals surface area contributed by atoms with E-state index in [0.29, 0.717) is 18.8 Å². The second-order valence-electron chi connectivity index (χ2n) is 4.71. The number of hydrogen-bond acceptors (Lipinski definition) is 4. The summed E-state index contributed by atoms with van der Waals surface area (Å²) >= 11 is 5.87. The molecule has 1 heterocycles. The van der Waals surface area contributed by atoms with Crippen molar-refractivity contribution in [3.8, 4) is 5.75 Å². The Morgan fingerprint density at radius 1 is 1.18 bits per heavy atom. The molecule has 0 aliphatic heterocycles. The molecule has 0 fully saturated rings. The molecule has 22 heavy (non-hydrogen) atoms. The van der Waals surface area contributed by atoms with Gasteiger partial charge < -0.3 is 10.1 Å². The number of ether oxygens (including phenoxy) is 1. The minimum atomic E-state index is -0.415. The molecule has 0 atom stereocenters. The smallest absolute Gasteiger partial charge is 0.285 e. The van der Waals surface area contributed by atoms with Gasteiger partial charge in [0.05, 0.1) is 11.9 Å². The second kappa shape index (κ2) is 6.49. The first-order valence-corrected chi connectivity index (χ1v) is 7.20. The van der Waals surface area contributed by atoms with E-state index in [1.807, 2.05) is 36.4 Å². The number of H-pyrrole nitrogens is 1. The quantitative estimate of drug-likeness (QED) is 0.710. The number of nitrogens with one attached hydrogen (secondary N) is 2. The zero-order valence-electron chi connectivity index (χ0n) is 11.7. The van der Waals surface area contributed by atoms with Gasteiger partial charge in [0.25, 0.3) is 5.56 Å². The number of benzene rings is 2. The molecule has 3 aromatic rings. The average molecular weight is 316 g/mol. The predicted octanol–water partition coefficient (Wildman–Crippen LogP) is 3.07. The summed E-state index contributed by atoms with van der Waals surface area (Å²) in [6.07, 6.45) is 1.47. The Hall–Kier alpha value is -2.53. The Kier molecular flexibility index (Phi) is 4.25. The van der Waals surface area contributed by atoms with Crippen molar-refractivity contribution in [2.45, 2.75) is 0 Å². The van der Waals surface area contributed by atoms with Crippen LogP contribution in [0.2, 0.25) is 5.02 Å². The molecule has 5 nitrogen and oxygen atoms in total.